The molecule has 3 fully saturated rings. The fourth-order valence-corrected chi connectivity index (χ4v) is 7.70. The van der Waals surface area contributed by atoms with Crippen molar-refractivity contribution in [1.29, 1.82) is 0 Å². The van der Waals surface area contributed by atoms with Gasteiger partial charge in [-0.25, -0.2) is 0 Å². The van der Waals surface area contributed by atoms with Crippen LogP contribution in [0.2, 0.25) is 0 Å². The van der Waals surface area contributed by atoms with E-state index in [1.54, 1.807) is 12.2 Å². The fraction of sp³-hybridized carbons (Fsp3) is 0.750. The molecule has 4 heteroatoms. The van der Waals surface area contributed by atoms with E-state index in [4.69, 9.17) is 5.11 Å². The number of hydrogen-bond acceptors (Lipinski definition) is 3. The van der Waals surface area contributed by atoms with Crippen molar-refractivity contribution < 1.29 is 19.8 Å². The van der Waals surface area contributed by atoms with Crippen LogP contribution < -0.4 is 0 Å². The summed E-state index contributed by atoms with van der Waals surface area (Å²) >= 11 is 0. The highest BCUT2D eigenvalue weighted by Crippen LogP contribution is 2.67. The second-order valence-corrected chi connectivity index (χ2v) is 10.4. The second-order valence-electron chi connectivity index (χ2n) is 10.4. The summed E-state index contributed by atoms with van der Waals surface area (Å²) in [6.45, 7) is 6.89. The molecule has 0 aromatic rings. The Balaban J connectivity index is 1.60. The summed E-state index contributed by atoms with van der Waals surface area (Å²) < 4.78 is 0. The van der Waals surface area contributed by atoms with Crippen molar-refractivity contribution in [1.82, 2.24) is 0 Å². The molecule has 4 aliphatic carbocycles. The van der Waals surface area contributed by atoms with Crippen molar-refractivity contribution in [2.75, 3.05) is 0 Å². The van der Waals surface area contributed by atoms with E-state index in [0.29, 0.717) is 30.1 Å². The molecule has 0 radical (unpaired) electrons. The van der Waals surface area contributed by atoms with Crippen LogP contribution in [-0.2, 0) is 9.59 Å². The summed E-state index contributed by atoms with van der Waals surface area (Å²) in [4.78, 5) is 22.9. The number of hydrogen-bond donors (Lipinski definition) is 2. The van der Waals surface area contributed by atoms with Crippen LogP contribution in [0.4, 0.5) is 0 Å². The second kappa shape index (κ2) is 6.83. The summed E-state index contributed by atoms with van der Waals surface area (Å²) in [7, 11) is 0. The SMILES string of the molecule is C[C@H](CCC(=O)O)[C@H]1CC[C@H]2[C@@H]3[C@H](O)CC4=CC(=O)C=C[C@]4(C)[C@H]3CC[C@]12C. The van der Waals surface area contributed by atoms with Gasteiger partial charge < -0.3 is 10.2 Å². The molecule has 0 saturated heterocycles. The van der Waals surface area contributed by atoms with Crippen molar-refractivity contribution in [2.24, 2.45) is 40.4 Å². The maximum absolute atomic E-state index is 11.9. The molecule has 0 spiro atoms. The minimum absolute atomic E-state index is 0.0481. The van der Waals surface area contributed by atoms with Crippen LogP contribution >= 0.6 is 0 Å². The summed E-state index contributed by atoms with van der Waals surface area (Å²) in [6, 6.07) is 0. The lowest BCUT2D eigenvalue weighted by Gasteiger charge is -2.59. The van der Waals surface area contributed by atoms with Crippen LogP contribution in [0.1, 0.15) is 65.7 Å². The number of aliphatic hydroxyl groups is 1. The fourth-order valence-electron chi connectivity index (χ4n) is 7.70. The number of carboxylic acids is 1. The van der Waals surface area contributed by atoms with E-state index in [-0.39, 0.29) is 35.1 Å². The lowest BCUT2D eigenvalue weighted by atomic mass is 9.46. The van der Waals surface area contributed by atoms with E-state index in [1.807, 2.05) is 0 Å². The van der Waals surface area contributed by atoms with Gasteiger partial charge in [0.05, 0.1) is 6.10 Å². The van der Waals surface area contributed by atoms with Crippen molar-refractivity contribution in [3.63, 3.8) is 0 Å². The number of aliphatic carboxylic acids is 1. The van der Waals surface area contributed by atoms with Gasteiger partial charge in [-0.2, -0.15) is 0 Å². The number of ketones is 1. The zero-order valence-electron chi connectivity index (χ0n) is 17.4. The maximum Gasteiger partial charge on any atom is 0.303 e. The first-order chi connectivity index (χ1) is 13.2. The molecule has 2 N–H and O–H groups in total. The van der Waals surface area contributed by atoms with E-state index in [1.165, 1.54) is 0 Å². The Morgan fingerprint density at radius 1 is 1.25 bits per heavy atom. The molecular formula is C24H34O4. The molecule has 0 aromatic heterocycles. The Kier molecular flexibility index (Phi) is 4.85. The normalized spacial score (nSPS) is 45.6. The third-order valence-corrected chi connectivity index (χ3v) is 9.15. The molecule has 0 aliphatic heterocycles. The van der Waals surface area contributed by atoms with Crippen molar-refractivity contribution in [3.8, 4) is 0 Å². The molecular weight excluding hydrogens is 352 g/mol. The third kappa shape index (κ3) is 2.91. The maximum atomic E-state index is 11.9. The van der Waals surface area contributed by atoms with Gasteiger partial charge in [0.15, 0.2) is 5.78 Å². The highest BCUT2D eigenvalue weighted by Gasteiger charge is 2.61. The molecule has 4 aliphatic rings. The van der Waals surface area contributed by atoms with E-state index >= 15 is 0 Å². The molecule has 28 heavy (non-hydrogen) atoms. The number of fused-ring (bicyclic) bond motifs is 5. The van der Waals surface area contributed by atoms with Gasteiger partial charge in [-0.05, 0) is 85.7 Å². The molecule has 0 aromatic carbocycles. The Bertz CT molecular complexity index is 737. The van der Waals surface area contributed by atoms with Gasteiger partial charge >= 0.3 is 5.97 Å². The van der Waals surface area contributed by atoms with Gasteiger partial charge in [-0.1, -0.05) is 32.4 Å². The first-order valence-corrected chi connectivity index (χ1v) is 11.0. The number of allylic oxidation sites excluding steroid dienone is 3. The lowest BCUT2D eigenvalue weighted by Crippen LogP contribution is -2.55. The predicted octanol–water partition coefficient (Wildman–Crippen LogP) is 4.38. The predicted molar refractivity (Wildman–Crippen MR) is 108 cm³/mol. The average Bonchev–Trinajstić information content (AvgIpc) is 2.98. The van der Waals surface area contributed by atoms with Gasteiger partial charge in [-0.15, -0.1) is 0 Å². The van der Waals surface area contributed by atoms with Gasteiger partial charge in [-0.3, -0.25) is 9.59 Å². The highest BCUT2D eigenvalue weighted by atomic mass is 16.4. The largest absolute Gasteiger partial charge is 0.481 e. The summed E-state index contributed by atoms with van der Waals surface area (Å²) in [5.41, 5.74) is 1.19. The van der Waals surface area contributed by atoms with Crippen LogP contribution in [0.3, 0.4) is 0 Å². The van der Waals surface area contributed by atoms with Crippen molar-refractivity contribution >= 4 is 11.8 Å². The average molecular weight is 387 g/mol. The molecule has 4 rings (SSSR count). The number of carboxylic acid groups (broad SMARTS) is 1. The monoisotopic (exact) mass is 386 g/mol. The minimum Gasteiger partial charge on any atom is -0.481 e. The summed E-state index contributed by atoms with van der Waals surface area (Å²) in [5, 5.41) is 20.2. The molecule has 0 bridgehead atoms. The Morgan fingerprint density at radius 2 is 2.00 bits per heavy atom. The lowest BCUT2D eigenvalue weighted by molar-refractivity contribution is -0.137. The molecule has 8 atom stereocenters. The highest BCUT2D eigenvalue weighted by molar-refractivity contribution is 6.01. The van der Waals surface area contributed by atoms with Crippen LogP contribution in [0, 0.1) is 40.4 Å². The van der Waals surface area contributed by atoms with Gasteiger partial charge in [0.2, 0.25) is 0 Å². The van der Waals surface area contributed by atoms with E-state index in [0.717, 1.165) is 37.7 Å². The quantitative estimate of drug-likeness (QED) is 0.752. The standard InChI is InChI=1S/C24H34O4/c1-14(4-7-21(27)28)17-5-6-18-22-19(9-11-24(17,18)3)23(2)10-8-16(25)12-15(23)13-20(22)26/h8,10,12,14,17-20,22,26H,4-7,9,11,13H2,1-3H3,(H,27,28)/t14-,17-,18+,19+,20-,22+,23+,24-/m1/s1. The Hall–Kier alpha value is -1.42. The number of aliphatic hydroxyl groups excluding tert-OH is 1. The molecule has 154 valence electrons. The van der Waals surface area contributed by atoms with Crippen LogP contribution in [0.15, 0.2) is 23.8 Å². The topological polar surface area (TPSA) is 74.6 Å². The van der Waals surface area contributed by atoms with E-state index < -0.39 is 5.97 Å². The minimum atomic E-state index is -0.705. The summed E-state index contributed by atoms with van der Waals surface area (Å²) in [6.07, 6.45) is 11.3. The smallest absolute Gasteiger partial charge is 0.303 e. The van der Waals surface area contributed by atoms with Gasteiger partial charge in [0.25, 0.3) is 0 Å². The van der Waals surface area contributed by atoms with Crippen molar-refractivity contribution in [2.45, 2.75) is 71.8 Å². The molecule has 4 nitrogen and oxygen atoms in total. The van der Waals surface area contributed by atoms with Crippen LogP contribution in [0.5, 0.6) is 0 Å². The van der Waals surface area contributed by atoms with Crippen LogP contribution in [0.25, 0.3) is 0 Å². The number of rotatable bonds is 4. The molecule has 0 heterocycles. The Labute approximate surface area is 168 Å². The molecule has 0 unspecified atom stereocenters. The number of carbonyl (C=O) groups is 2. The zero-order valence-corrected chi connectivity index (χ0v) is 17.4. The van der Waals surface area contributed by atoms with E-state index in [2.05, 4.69) is 26.8 Å². The van der Waals surface area contributed by atoms with Crippen molar-refractivity contribution in [3.05, 3.63) is 23.8 Å². The third-order valence-electron chi connectivity index (χ3n) is 9.15. The van der Waals surface area contributed by atoms with Gasteiger partial charge in [0, 0.05) is 11.8 Å². The summed E-state index contributed by atoms with van der Waals surface area (Å²) in [5.74, 6) is 1.44. The first-order valence-electron chi connectivity index (χ1n) is 11.0. The molecule has 3 saturated carbocycles. The number of carbonyl (C=O) groups excluding carboxylic acids is 1. The van der Waals surface area contributed by atoms with Gasteiger partial charge in [0.1, 0.15) is 0 Å². The zero-order chi connectivity index (χ0) is 20.3. The Morgan fingerprint density at radius 3 is 2.71 bits per heavy atom. The molecule has 0 amide bonds. The van der Waals surface area contributed by atoms with Crippen LogP contribution in [-0.4, -0.2) is 28.1 Å². The first kappa shape index (κ1) is 19.9. The van der Waals surface area contributed by atoms with E-state index in [9.17, 15) is 14.7 Å².